The van der Waals surface area contributed by atoms with Crippen LogP contribution in [0.15, 0.2) is 53.7 Å². The number of piperidine rings is 1. The molecular formula is C22H28FN3O3S. The van der Waals surface area contributed by atoms with Crippen LogP contribution in [-0.2, 0) is 21.4 Å². The Bertz CT molecular complexity index is 945. The van der Waals surface area contributed by atoms with Crippen molar-refractivity contribution in [3.63, 3.8) is 0 Å². The Kier molecular flexibility index (Phi) is 7.55. The molecule has 8 heteroatoms. The molecule has 162 valence electrons. The molecule has 1 aromatic heterocycles. The molecule has 0 radical (unpaired) electrons. The molecule has 1 saturated heterocycles. The van der Waals surface area contributed by atoms with Gasteiger partial charge in [-0.05, 0) is 68.0 Å². The minimum absolute atomic E-state index is 0.00849. The van der Waals surface area contributed by atoms with E-state index in [1.165, 1.54) is 22.5 Å². The van der Waals surface area contributed by atoms with Gasteiger partial charge in [-0.3, -0.25) is 9.78 Å². The Morgan fingerprint density at radius 3 is 2.53 bits per heavy atom. The summed E-state index contributed by atoms with van der Waals surface area (Å²) in [5, 5.41) is 0. The smallest absolute Gasteiger partial charge is 0.243 e. The lowest BCUT2D eigenvalue weighted by molar-refractivity contribution is -0.132. The molecule has 1 aromatic carbocycles. The van der Waals surface area contributed by atoms with Crippen LogP contribution in [0.25, 0.3) is 0 Å². The van der Waals surface area contributed by atoms with Crippen molar-refractivity contribution in [3.8, 4) is 0 Å². The van der Waals surface area contributed by atoms with Crippen molar-refractivity contribution in [3.05, 3.63) is 60.2 Å². The Balaban J connectivity index is 1.49. The van der Waals surface area contributed by atoms with Crippen molar-refractivity contribution >= 4 is 15.9 Å². The third-order valence-electron chi connectivity index (χ3n) is 5.63. The van der Waals surface area contributed by atoms with Gasteiger partial charge in [0.2, 0.25) is 15.9 Å². The predicted octanol–water partition coefficient (Wildman–Crippen LogP) is 3.45. The van der Waals surface area contributed by atoms with Gasteiger partial charge in [0.25, 0.3) is 0 Å². The number of aromatic nitrogens is 1. The highest BCUT2D eigenvalue weighted by atomic mass is 32.2. The van der Waals surface area contributed by atoms with Crippen LogP contribution in [0.4, 0.5) is 4.39 Å². The maximum atomic E-state index is 13.4. The second-order valence-corrected chi connectivity index (χ2v) is 9.54. The van der Waals surface area contributed by atoms with Gasteiger partial charge in [0.15, 0.2) is 0 Å². The normalized spacial score (nSPS) is 15.8. The van der Waals surface area contributed by atoms with Gasteiger partial charge in [-0.2, -0.15) is 4.31 Å². The van der Waals surface area contributed by atoms with Gasteiger partial charge in [-0.25, -0.2) is 12.8 Å². The van der Waals surface area contributed by atoms with E-state index >= 15 is 0 Å². The molecular weight excluding hydrogens is 405 g/mol. The molecule has 0 unspecified atom stereocenters. The van der Waals surface area contributed by atoms with Gasteiger partial charge in [-0.1, -0.05) is 6.07 Å². The lowest BCUT2D eigenvalue weighted by Crippen LogP contribution is -2.38. The second kappa shape index (κ2) is 10.1. The van der Waals surface area contributed by atoms with Crippen LogP contribution in [0.2, 0.25) is 0 Å². The largest absolute Gasteiger partial charge is 0.339 e. The quantitative estimate of drug-likeness (QED) is 0.639. The zero-order valence-electron chi connectivity index (χ0n) is 17.2. The van der Waals surface area contributed by atoms with E-state index in [1.807, 2.05) is 24.0 Å². The average molecular weight is 434 g/mol. The molecule has 1 aliphatic rings. The number of amides is 1. The topological polar surface area (TPSA) is 70.6 Å². The number of benzene rings is 1. The van der Waals surface area contributed by atoms with Gasteiger partial charge in [-0.15, -0.1) is 0 Å². The minimum Gasteiger partial charge on any atom is -0.339 e. The van der Waals surface area contributed by atoms with E-state index in [2.05, 4.69) is 4.98 Å². The minimum atomic E-state index is -3.68. The van der Waals surface area contributed by atoms with E-state index in [0.29, 0.717) is 51.4 Å². The highest BCUT2D eigenvalue weighted by molar-refractivity contribution is 7.89. The predicted molar refractivity (Wildman–Crippen MR) is 112 cm³/mol. The second-order valence-electron chi connectivity index (χ2n) is 7.61. The number of halogens is 1. The lowest BCUT2D eigenvalue weighted by Gasteiger charge is -2.31. The standard InChI is InChI=1S/C22H28FN3O3S/c1-2-25(17-19-8-12-24-13-9-19)22(27)7-6-18-10-14-26(15-11-18)30(28,29)21-5-3-4-20(23)16-21/h3-5,8-9,12-13,16,18H,2,6-7,10-11,14-15,17H2,1H3. The van der Waals surface area contributed by atoms with Gasteiger partial charge in [0, 0.05) is 45.0 Å². The number of rotatable bonds is 8. The first kappa shape index (κ1) is 22.4. The highest BCUT2D eigenvalue weighted by Crippen LogP contribution is 2.27. The molecule has 1 aliphatic heterocycles. The fraction of sp³-hybridized carbons (Fsp3) is 0.455. The third kappa shape index (κ3) is 5.64. The zero-order valence-corrected chi connectivity index (χ0v) is 18.0. The Morgan fingerprint density at radius 1 is 1.20 bits per heavy atom. The van der Waals surface area contributed by atoms with Gasteiger partial charge < -0.3 is 4.90 Å². The molecule has 0 N–H and O–H groups in total. The fourth-order valence-electron chi connectivity index (χ4n) is 3.79. The van der Waals surface area contributed by atoms with Gasteiger partial charge >= 0.3 is 0 Å². The van der Waals surface area contributed by atoms with Crippen LogP contribution in [0, 0.1) is 11.7 Å². The van der Waals surface area contributed by atoms with Crippen LogP contribution >= 0.6 is 0 Å². The van der Waals surface area contributed by atoms with Gasteiger partial charge in [0.05, 0.1) is 4.90 Å². The molecule has 1 amide bonds. The number of carbonyl (C=O) groups is 1. The van der Waals surface area contributed by atoms with Crippen LogP contribution < -0.4 is 0 Å². The van der Waals surface area contributed by atoms with E-state index in [-0.39, 0.29) is 10.8 Å². The molecule has 0 atom stereocenters. The molecule has 0 spiro atoms. The first-order valence-electron chi connectivity index (χ1n) is 10.3. The number of sulfonamides is 1. The van der Waals surface area contributed by atoms with Crippen molar-refractivity contribution in [1.29, 1.82) is 0 Å². The maximum Gasteiger partial charge on any atom is 0.243 e. The summed E-state index contributed by atoms with van der Waals surface area (Å²) in [6.07, 6.45) is 6.06. The highest BCUT2D eigenvalue weighted by Gasteiger charge is 2.30. The monoisotopic (exact) mass is 433 g/mol. The lowest BCUT2D eigenvalue weighted by atomic mass is 9.93. The molecule has 0 bridgehead atoms. The van der Waals surface area contributed by atoms with Crippen molar-refractivity contribution in [2.75, 3.05) is 19.6 Å². The molecule has 0 saturated carbocycles. The summed E-state index contributed by atoms with van der Waals surface area (Å²) in [4.78, 5) is 18.5. The summed E-state index contributed by atoms with van der Waals surface area (Å²) in [6.45, 7) is 3.97. The molecule has 1 fully saturated rings. The molecule has 2 heterocycles. The van der Waals surface area contributed by atoms with Crippen molar-refractivity contribution in [1.82, 2.24) is 14.2 Å². The van der Waals surface area contributed by atoms with E-state index in [9.17, 15) is 17.6 Å². The Hall–Kier alpha value is -2.32. The first-order chi connectivity index (χ1) is 14.4. The Morgan fingerprint density at radius 2 is 1.90 bits per heavy atom. The summed E-state index contributed by atoms with van der Waals surface area (Å²) in [7, 11) is -3.68. The van der Waals surface area contributed by atoms with E-state index in [4.69, 9.17) is 0 Å². The molecule has 0 aliphatic carbocycles. The summed E-state index contributed by atoms with van der Waals surface area (Å²) in [5.41, 5.74) is 1.05. The van der Waals surface area contributed by atoms with E-state index < -0.39 is 15.8 Å². The van der Waals surface area contributed by atoms with Crippen molar-refractivity contribution in [2.45, 2.75) is 44.0 Å². The summed E-state index contributed by atoms with van der Waals surface area (Å²) in [5.74, 6) is -0.131. The van der Waals surface area contributed by atoms with Crippen LogP contribution in [0.5, 0.6) is 0 Å². The number of pyridine rings is 1. The van der Waals surface area contributed by atoms with Crippen LogP contribution in [-0.4, -0.2) is 48.1 Å². The average Bonchev–Trinajstić information content (AvgIpc) is 2.77. The number of nitrogens with zero attached hydrogens (tertiary/aromatic N) is 3. The molecule has 6 nitrogen and oxygen atoms in total. The van der Waals surface area contributed by atoms with Crippen molar-refractivity contribution < 1.29 is 17.6 Å². The fourth-order valence-corrected chi connectivity index (χ4v) is 5.29. The number of hydrogen-bond acceptors (Lipinski definition) is 4. The summed E-state index contributed by atoms with van der Waals surface area (Å²) < 4.78 is 40.2. The van der Waals surface area contributed by atoms with Gasteiger partial charge in [0.1, 0.15) is 5.82 Å². The maximum absolute atomic E-state index is 13.4. The Labute approximate surface area is 177 Å². The van der Waals surface area contributed by atoms with Crippen LogP contribution in [0.3, 0.4) is 0 Å². The third-order valence-corrected chi connectivity index (χ3v) is 7.53. The molecule has 2 aromatic rings. The molecule has 3 rings (SSSR count). The SMILES string of the molecule is CCN(Cc1ccncc1)C(=O)CCC1CCN(S(=O)(=O)c2cccc(F)c2)CC1. The van der Waals surface area contributed by atoms with E-state index in [0.717, 1.165) is 18.1 Å². The van der Waals surface area contributed by atoms with Crippen molar-refractivity contribution in [2.24, 2.45) is 5.92 Å². The first-order valence-corrected chi connectivity index (χ1v) is 11.8. The molecule has 30 heavy (non-hydrogen) atoms. The number of carbonyl (C=O) groups excluding carboxylic acids is 1. The zero-order chi connectivity index (χ0) is 21.6. The van der Waals surface area contributed by atoms with E-state index in [1.54, 1.807) is 12.4 Å². The summed E-state index contributed by atoms with van der Waals surface area (Å²) >= 11 is 0. The number of hydrogen-bond donors (Lipinski definition) is 0. The van der Waals surface area contributed by atoms with Crippen LogP contribution in [0.1, 0.15) is 38.2 Å². The summed E-state index contributed by atoms with van der Waals surface area (Å²) in [6, 6.07) is 8.94.